The third-order valence-corrected chi connectivity index (χ3v) is 6.43. The second-order valence-electron chi connectivity index (χ2n) is 7.10. The Kier molecular flexibility index (Phi) is 4.45. The van der Waals surface area contributed by atoms with Crippen LogP contribution < -0.4 is 10.2 Å². The Morgan fingerprint density at radius 3 is 2.82 bits per heavy atom. The van der Waals surface area contributed by atoms with Gasteiger partial charge < -0.3 is 15.1 Å². The highest BCUT2D eigenvalue weighted by molar-refractivity contribution is 7.13. The van der Waals surface area contributed by atoms with Gasteiger partial charge in [-0.05, 0) is 59.2 Å². The van der Waals surface area contributed by atoms with Crippen molar-refractivity contribution in [3.8, 4) is 0 Å². The molecule has 1 N–H and O–H groups in total. The number of aromatic nitrogens is 1. The summed E-state index contributed by atoms with van der Waals surface area (Å²) in [5.74, 6) is 1.13. The average molecular weight is 411 g/mol. The van der Waals surface area contributed by atoms with Gasteiger partial charge in [-0.3, -0.25) is 4.79 Å². The highest BCUT2D eigenvalue weighted by Gasteiger charge is 2.20. The zero-order valence-electron chi connectivity index (χ0n) is 15.2. The number of hydrogen-bond donors (Lipinski definition) is 1. The first-order valence-electron chi connectivity index (χ1n) is 9.31. The maximum Gasteiger partial charge on any atom is 0.228 e. The Bertz CT molecular complexity index is 1090. The fraction of sp³-hybridized carbons (Fsp3) is 0.238. The minimum Gasteiger partial charge on any atom is -0.374 e. The van der Waals surface area contributed by atoms with E-state index < -0.39 is 0 Å². The number of piperazine rings is 1. The number of amides is 1. The number of carbonyl (C=O) groups is 1. The molecule has 5 rings (SSSR count). The number of benzene rings is 2. The van der Waals surface area contributed by atoms with Crippen molar-refractivity contribution in [1.82, 2.24) is 9.27 Å². The fourth-order valence-electron chi connectivity index (χ4n) is 3.76. The van der Waals surface area contributed by atoms with Gasteiger partial charge in [-0.1, -0.05) is 23.7 Å². The first-order chi connectivity index (χ1) is 13.7. The molecule has 3 heterocycles. The standard InChI is InChI=1S/C21H19ClN4OS/c22-17-13-18-15(12-20(27)23-18)11-14(17)5-6-25-7-9-26(10-8-25)21-16-3-1-2-4-19(16)28-24-21/h1-6,11,13H,7-10,12H2,(H,23,27)/b6-5+. The molecule has 3 aromatic rings. The molecule has 0 saturated carbocycles. The second kappa shape index (κ2) is 7.11. The molecule has 1 saturated heterocycles. The van der Waals surface area contributed by atoms with Gasteiger partial charge in [0.05, 0.1) is 11.1 Å². The Balaban J connectivity index is 1.27. The zero-order chi connectivity index (χ0) is 19.1. The Morgan fingerprint density at radius 1 is 1.14 bits per heavy atom. The van der Waals surface area contributed by atoms with Crippen LogP contribution in [0.4, 0.5) is 11.5 Å². The van der Waals surface area contributed by atoms with E-state index in [-0.39, 0.29) is 5.91 Å². The first-order valence-corrected chi connectivity index (χ1v) is 10.5. The molecule has 2 aliphatic heterocycles. The third-order valence-electron chi connectivity index (χ3n) is 5.28. The molecular weight excluding hydrogens is 392 g/mol. The van der Waals surface area contributed by atoms with Crippen LogP contribution in [0.15, 0.2) is 42.6 Å². The van der Waals surface area contributed by atoms with Gasteiger partial charge in [-0.15, -0.1) is 0 Å². The second-order valence-corrected chi connectivity index (χ2v) is 8.31. The molecule has 1 fully saturated rings. The third kappa shape index (κ3) is 3.23. The van der Waals surface area contributed by atoms with Gasteiger partial charge in [-0.25, -0.2) is 0 Å². The van der Waals surface area contributed by atoms with Gasteiger partial charge in [0.15, 0.2) is 0 Å². The summed E-state index contributed by atoms with van der Waals surface area (Å²) in [4.78, 5) is 16.2. The fourth-order valence-corrected chi connectivity index (χ4v) is 4.79. The smallest absolute Gasteiger partial charge is 0.228 e. The normalized spacial score (nSPS) is 16.8. The Hall–Kier alpha value is -2.57. The monoisotopic (exact) mass is 410 g/mol. The number of nitrogens with one attached hydrogen (secondary N) is 1. The first kappa shape index (κ1) is 17.5. The van der Waals surface area contributed by atoms with Crippen LogP contribution in [0.1, 0.15) is 11.1 Å². The summed E-state index contributed by atoms with van der Waals surface area (Å²) in [5, 5.41) is 4.73. The van der Waals surface area contributed by atoms with Crippen molar-refractivity contribution >= 4 is 56.7 Å². The van der Waals surface area contributed by atoms with E-state index in [1.165, 1.54) is 10.1 Å². The molecule has 2 aliphatic rings. The number of nitrogens with zero attached hydrogens (tertiary/aromatic N) is 3. The van der Waals surface area contributed by atoms with E-state index in [9.17, 15) is 4.79 Å². The highest BCUT2D eigenvalue weighted by atomic mass is 35.5. The van der Waals surface area contributed by atoms with Crippen molar-refractivity contribution in [2.75, 3.05) is 36.4 Å². The molecule has 7 heteroatoms. The molecule has 28 heavy (non-hydrogen) atoms. The molecule has 2 aromatic carbocycles. The number of fused-ring (bicyclic) bond motifs is 2. The number of hydrogen-bond acceptors (Lipinski definition) is 5. The lowest BCUT2D eigenvalue weighted by Gasteiger charge is -2.34. The van der Waals surface area contributed by atoms with Crippen LogP contribution in [0.2, 0.25) is 5.02 Å². The maximum absolute atomic E-state index is 11.5. The predicted octanol–water partition coefficient (Wildman–Crippen LogP) is 4.24. The van der Waals surface area contributed by atoms with E-state index in [4.69, 9.17) is 11.6 Å². The van der Waals surface area contributed by atoms with E-state index in [0.717, 1.165) is 48.8 Å². The molecule has 0 bridgehead atoms. The quantitative estimate of drug-likeness (QED) is 0.701. The Labute approximate surface area is 172 Å². The summed E-state index contributed by atoms with van der Waals surface area (Å²) >= 11 is 7.95. The summed E-state index contributed by atoms with van der Waals surface area (Å²) < 4.78 is 5.90. The molecule has 0 radical (unpaired) electrons. The van der Waals surface area contributed by atoms with Gasteiger partial charge in [0.1, 0.15) is 5.82 Å². The van der Waals surface area contributed by atoms with Crippen molar-refractivity contribution in [3.63, 3.8) is 0 Å². The Morgan fingerprint density at radius 2 is 1.96 bits per heavy atom. The van der Waals surface area contributed by atoms with Crippen molar-refractivity contribution in [2.45, 2.75) is 6.42 Å². The highest BCUT2D eigenvalue weighted by Crippen LogP contribution is 2.31. The molecular formula is C21H19ClN4OS. The van der Waals surface area contributed by atoms with Gasteiger partial charge in [0.2, 0.25) is 5.91 Å². The SMILES string of the molecule is O=C1Cc2cc(/C=C/N3CCN(c4nsc5ccccc45)CC3)c(Cl)cc2N1. The summed E-state index contributed by atoms with van der Waals surface area (Å²) in [7, 11) is 0. The molecule has 0 atom stereocenters. The van der Waals surface area contributed by atoms with Gasteiger partial charge in [-0.2, -0.15) is 4.37 Å². The van der Waals surface area contributed by atoms with Crippen molar-refractivity contribution < 1.29 is 4.79 Å². The zero-order valence-corrected chi connectivity index (χ0v) is 16.8. The lowest BCUT2D eigenvalue weighted by Crippen LogP contribution is -2.44. The average Bonchev–Trinajstić information content (AvgIpc) is 3.29. The van der Waals surface area contributed by atoms with E-state index in [1.54, 1.807) is 11.5 Å². The van der Waals surface area contributed by atoms with E-state index in [2.05, 4.69) is 50.0 Å². The molecule has 0 unspecified atom stereocenters. The maximum atomic E-state index is 11.5. The number of anilines is 2. The molecule has 0 aliphatic carbocycles. The molecule has 1 amide bonds. The van der Waals surface area contributed by atoms with Crippen molar-refractivity contribution in [2.24, 2.45) is 0 Å². The summed E-state index contributed by atoms with van der Waals surface area (Å²) in [6.07, 6.45) is 4.57. The topological polar surface area (TPSA) is 48.5 Å². The number of halogens is 1. The molecule has 0 spiro atoms. The minimum absolute atomic E-state index is 0.0258. The van der Waals surface area contributed by atoms with Crippen LogP contribution in [-0.2, 0) is 11.2 Å². The van der Waals surface area contributed by atoms with E-state index >= 15 is 0 Å². The molecule has 1 aromatic heterocycles. The molecule has 142 valence electrons. The van der Waals surface area contributed by atoms with Crippen LogP contribution in [0, 0.1) is 0 Å². The number of rotatable bonds is 3. The lowest BCUT2D eigenvalue weighted by atomic mass is 10.1. The summed E-state index contributed by atoms with van der Waals surface area (Å²) in [6, 6.07) is 12.2. The predicted molar refractivity (Wildman–Crippen MR) is 116 cm³/mol. The molecule has 5 nitrogen and oxygen atoms in total. The van der Waals surface area contributed by atoms with E-state index in [0.29, 0.717) is 11.4 Å². The van der Waals surface area contributed by atoms with Crippen LogP contribution in [0.25, 0.3) is 16.2 Å². The lowest BCUT2D eigenvalue weighted by molar-refractivity contribution is -0.115. The largest absolute Gasteiger partial charge is 0.374 e. The van der Waals surface area contributed by atoms with Crippen LogP contribution >= 0.6 is 23.1 Å². The van der Waals surface area contributed by atoms with Crippen molar-refractivity contribution in [3.05, 3.63) is 58.7 Å². The number of carbonyl (C=O) groups excluding carboxylic acids is 1. The summed E-state index contributed by atoms with van der Waals surface area (Å²) in [6.45, 7) is 3.75. The van der Waals surface area contributed by atoms with Crippen molar-refractivity contribution in [1.29, 1.82) is 0 Å². The summed E-state index contributed by atoms with van der Waals surface area (Å²) in [5.41, 5.74) is 2.79. The van der Waals surface area contributed by atoms with Gasteiger partial charge >= 0.3 is 0 Å². The van der Waals surface area contributed by atoms with Gasteiger partial charge in [0.25, 0.3) is 0 Å². The van der Waals surface area contributed by atoms with Gasteiger partial charge in [0, 0.05) is 42.3 Å². The van der Waals surface area contributed by atoms with Crippen LogP contribution in [0.5, 0.6) is 0 Å². The minimum atomic E-state index is 0.0258. The van der Waals surface area contributed by atoms with Crippen LogP contribution in [0.3, 0.4) is 0 Å². The van der Waals surface area contributed by atoms with E-state index in [1.807, 2.05) is 18.2 Å². The van der Waals surface area contributed by atoms with Crippen LogP contribution in [-0.4, -0.2) is 41.4 Å².